The van der Waals surface area contributed by atoms with Crippen LogP contribution in [-0.2, 0) is 0 Å². The largest absolute Gasteiger partial charge is 0.309 e. The predicted molar refractivity (Wildman–Crippen MR) is 85.5 cm³/mol. The molecular formula is C19H14FN. The van der Waals surface area contributed by atoms with Gasteiger partial charge in [0.05, 0.1) is 11.0 Å². The molecule has 0 bridgehead atoms. The molecule has 3 aromatic carbocycles. The minimum Gasteiger partial charge on any atom is -0.309 e. The summed E-state index contributed by atoms with van der Waals surface area (Å²) < 4.78 is 15.4. The average molecular weight is 275 g/mol. The van der Waals surface area contributed by atoms with E-state index in [0.29, 0.717) is 0 Å². The molecule has 0 aliphatic heterocycles. The maximum atomic E-state index is 13.2. The highest BCUT2D eigenvalue weighted by molar-refractivity contribution is 6.10. The van der Waals surface area contributed by atoms with Crippen LogP contribution in [0.3, 0.4) is 0 Å². The summed E-state index contributed by atoms with van der Waals surface area (Å²) in [5.74, 6) is -0.212. The third-order valence-electron chi connectivity index (χ3n) is 3.99. The summed E-state index contributed by atoms with van der Waals surface area (Å²) in [6.07, 6.45) is 0. The van der Waals surface area contributed by atoms with Gasteiger partial charge in [0.2, 0.25) is 0 Å². The fraction of sp³-hybridized carbons (Fsp3) is 0.0526. The second kappa shape index (κ2) is 4.45. The summed E-state index contributed by atoms with van der Waals surface area (Å²) in [6, 6.07) is 21.3. The average Bonchev–Trinajstić information content (AvgIpc) is 2.84. The molecule has 21 heavy (non-hydrogen) atoms. The molecule has 0 saturated heterocycles. The molecule has 1 heterocycles. The molecule has 1 nitrogen and oxygen atoms in total. The predicted octanol–water partition coefficient (Wildman–Crippen LogP) is 5.23. The zero-order chi connectivity index (χ0) is 14.4. The van der Waals surface area contributed by atoms with E-state index in [-0.39, 0.29) is 5.82 Å². The van der Waals surface area contributed by atoms with Gasteiger partial charge >= 0.3 is 0 Å². The van der Waals surface area contributed by atoms with Gasteiger partial charge in [-0.2, -0.15) is 0 Å². The van der Waals surface area contributed by atoms with Crippen molar-refractivity contribution in [2.24, 2.45) is 0 Å². The maximum absolute atomic E-state index is 13.2. The highest BCUT2D eigenvalue weighted by Crippen LogP contribution is 2.33. The summed E-state index contributed by atoms with van der Waals surface area (Å²) in [7, 11) is 0. The third-order valence-corrected chi connectivity index (χ3v) is 3.99. The first-order chi connectivity index (χ1) is 10.3. The molecule has 0 N–H and O–H groups in total. The second-order valence-electron chi connectivity index (χ2n) is 5.30. The Bertz CT molecular complexity index is 949. The van der Waals surface area contributed by atoms with E-state index in [9.17, 15) is 4.39 Å². The van der Waals surface area contributed by atoms with Crippen LogP contribution >= 0.6 is 0 Å². The van der Waals surface area contributed by atoms with E-state index in [2.05, 4.69) is 47.9 Å². The van der Waals surface area contributed by atoms with E-state index < -0.39 is 0 Å². The normalized spacial score (nSPS) is 11.3. The van der Waals surface area contributed by atoms with E-state index in [1.165, 1.54) is 28.5 Å². The molecule has 0 aliphatic rings. The third kappa shape index (κ3) is 1.76. The molecule has 1 aromatic heterocycles. The topological polar surface area (TPSA) is 4.93 Å². The number of fused-ring (bicyclic) bond motifs is 3. The van der Waals surface area contributed by atoms with E-state index >= 15 is 0 Å². The van der Waals surface area contributed by atoms with Crippen molar-refractivity contribution in [3.05, 3.63) is 78.1 Å². The first-order valence-corrected chi connectivity index (χ1v) is 7.00. The van der Waals surface area contributed by atoms with Gasteiger partial charge in [-0.3, -0.25) is 0 Å². The van der Waals surface area contributed by atoms with Crippen LogP contribution < -0.4 is 0 Å². The van der Waals surface area contributed by atoms with Crippen molar-refractivity contribution in [2.45, 2.75) is 6.92 Å². The first kappa shape index (κ1) is 12.2. The first-order valence-electron chi connectivity index (χ1n) is 7.00. The number of rotatable bonds is 1. The van der Waals surface area contributed by atoms with Gasteiger partial charge in [0.1, 0.15) is 5.82 Å². The molecule has 0 fully saturated rings. The van der Waals surface area contributed by atoms with Crippen LogP contribution in [0.25, 0.3) is 27.5 Å². The summed E-state index contributed by atoms with van der Waals surface area (Å²) in [5.41, 5.74) is 4.54. The molecule has 0 atom stereocenters. The van der Waals surface area contributed by atoms with Crippen molar-refractivity contribution >= 4 is 21.8 Å². The fourth-order valence-electron chi connectivity index (χ4n) is 3.07. The van der Waals surface area contributed by atoms with Gasteiger partial charge in [-0.15, -0.1) is 0 Å². The molecule has 0 radical (unpaired) electrons. The second-order valence-corrected chi connectivity index (χ2v) is 5.30. The molecule has 0 saturated carbocycles. The Labute approximate surface area is 122 Å². The van der Waals surface area contributed by atoms with Gasteiger partial charge < -0.3 is 4.57 Å². The zero-order valence-corrected chi connectivity index (χ0v) is 11.7. The molecule has 0 aliphatic carbocycles. The molecule has 0 unspecified atom stereocenters. The van der Waals surface area contributed by atoms with E-state index in [4.69, 9.17) is 0 Å². The smallest absolute Gasteiger partial charge is 0.123 e. The minimum atomic E-state index is -0.212. The number of nitrogens with zero attached hydrogens (tertiary/aromatic N) is 1. The zero-order valence-electron chi connectivity index (χ0n) is 11.7. The summed E-state index contributed by atoms with van der Waals surface area (Å²) in [5, 5.41) is 2.49. The van der Waals surface area contributed by atoms with Crippen molar-refractivity contribution in [2.75, 3.05) is 0 Å². The summed E-state index contributed by atoms with van der Waals surface area (Å²) >= 11 is 0. The van der Waals surface area contributed by atoms with Crippen LogP contribution in [0.2, 0.25) is 0 Å². The maximum Gasteiger partial charge on any atom is 0.123 e. The highest BCUT2D eigenvalue weighted by atomic mass is 19.1. The molecule has 4 aromatic rings. The van der Waals surface area contributed by atoms with Crippen LogP contribution in [0.15, 0.2) is 66.7 Å². The quantitative estimate of drug-likeness (QED) is 0.448. The number of benzene rings is 3. The van der Waals surface area contributed by atoms with Crippen LogP contribution in [0.5, 0.6) is 0 Å². The number of hydrogen-bond donors (Lipinski definition) is 0. The highest BCUT2D eigenvalue weighted by Gasteiger charge is 2.12. The number of hydrogen-bond acceptors (Lipinski definition) is 0. The Morgan fingerprint density at radius 3 is 2.29 bits per heavy atom. The Morgan fingerprint density at radius 1 is 0.762 bits per heavy atom. The van der Waals surface area contributed by atoms with Gasteiger partial charge in [-0.1, -0.05) is 30.3 Å². The van der Waals surface area contributed by atoms with E-state index in [1.807, 2.05) is 18.2 Å². The van der Waals surface area contributed by atoms with Gasteiger partial charge in [-0.05, 0) is 48.9 Å². The Hall–Kier alpha value is -2.61. The van der Waals surface area contributed by atoms with Gasteiger partial charge in [0.25, 0.3) is 0 Å². The van der Waals surface area contributed by atoms with Crippen molar-refractivity contribution in [1.82, 2.24) is 4.57 Å². The van der Waals surface area contributed by atoms with Crippen molar-refractivity contribution < 1.29 is 4.39 Å². The van der Waals surface area contributed by atoms with Crippen LogP contribution in [0.1, 0.15) is 5.56 Å². The van der Waals surface area contributed by atoms with Crippen LogP contribution in [0, 0.1) is 12.7 Å². The van der Waals surface area contributed by atoms with Crippen LogP contribution in [0.4, 0.5) is 4.39 Å². The molecular weight excluding hydrogens is 261 g/mol. The Balaban J connectivity index is 2.20. The van der Waals surface area contributed by atoms with E-state index in [1.54, 1.807) is 0 Å². The van der Waals surface area contributed by atoms with Crippen molar-refractivity contribution in [3.8, 4) is 5.69 Å². The van der Waals surface area contributed by atoms with Gasteiger partial charge in [-0.25, -0.2) is 4.39 Å². The van der Waals surface area contributed by atoms with E-state index in [0.717, 1.165) is 16.7 Å². The van der Waals surface area contributed by atoms with Crippen molar-refractivity contribution in [3.63, 3.8) is 0 Å². The summed E-state index contributed by atoms with van der Waals surface area (Å²) in [4.78, 5) is 0. The molecule has 102 valence electrons. The van der Waals surface area contributed by atoms with Gasteiger partial charge in [0.15, 0.2) is 0 Å². The molecule has 0 spiro atoms. The number of aryl methyl sites for hydroxylation is 1. The molecule has 0 amide bonds. The van der Waals surface area contributed by atoms with Crippen molar-refractivity contribution in [1.29, 1.82) is 0 Å². The number of para-hydroxylation sites is 1. The SMILES string of the molecule is Cc1cccc2c1c1ccccc1n2-c1ccc(F)cc1. The molecule has 4 rings (SSSR count). The lowest BCUT2D eigenvalue weighted by molar-refractivity contribution is 0.627. The fourth-order valence-corrected chi connectivity index (χ4v) is 3.07. The number of aromatic nitrogens is 1. The lowest BCUT2D eigenvalue weighted by atomic mass is 10.1. The molecule has 2 heteroatoms. The lowest BCUT2D eigenvalue weighted by Crippen LogP contribution is -1.93. The monoisotopic (exact) mass is 275 g/mol. The minimum absolute atomic E-state index is 0.212. The Morgan fingerprint density at radius 2 is 1.48 bits per heavy atom. The van der Waals surface area contributed by atoms with Crippen LogP contribution in [-0.4, -0.2) is 4.57 Å². The van der Waals surface area contributed by atoms with Gasteiger partial charge in [0, 0.05) is 16.5 Å². The summed E-state index contributed by atoms with van der Waals surface area (Å²) in [6.45, 7) is 2.13. The number of halogens is 1. The lowest BCUT2D eigenvalue weighted by Gasteiger charge is -2.07. The Kier molecular flexibility index (Phi) is 2.58. The standard InChI is InChI=1S/C19H14FN/c1-13-5-4-8-18-19(13)16-6-2-3-7-17(16)21(18)15-11-9-14(20)10-12-15/h2-12H,1H3.